The Kier molecular flexibility index (Phi) is 14.9. The van der Waals surface area contributed by atoms with Crippen molar-refractivity contribution in [3.8, 4) is 29.1 Å². The number of hydrogen-bond acceptors (Lipinski definition) is 12. The summed E-state index contributed by atoms with van der Waals surface area (Å²) >= 11 is 0. The number of nitrogens with zero attached hydrogens (tertiary/aromatic N) is 4. The van der Waals surface area contributed by atoms with Crippen molar-refractivity contribution in [2.75, 3.05) is 68.3 Å². The first kappa shape index (κ1) is 40.1. The van der Waals surface area contributed by atoms with Crippen LogP contribution in [-0.2, 0) is 26.2 Å². The second-order valence-electron chi connectivity index (χ2n) is 13.0. The smallest absolute Gasteiger partial charge is 0.294 e. The number of methoxy groups -OCH3 is 4. The Bertz CT molecular complexity index is 1430. The highest BCUT2D eigenvalue weighted by molar-refractivity contribution is 5.76. The van der Waals surface area contributed by atoms with E-state index >= 15 is 0 Å². The molecule has 14 nitrogen and oxygen atoms in total. The number of benzene rings is 2. The van der Waals surface area contributed by atoms with Gasteiger partial charge in [0.2, 0.25) is 5.75 Å². The molecule has 50 heavy (non-hydrogen) atoms. The van der Waals surface area contributed by atoms with Gasteiger partial charge in [-0.2, -0.15) is 5.26 Å². The second-order valence-corrected chi connectivity index (χ2v) is 13.0. The van der Waals surface area contributed by atoms with E-state index in [4.69, 9.17) is 28.5 Å². The van der Waals surface area contributed by atoms with Gasteiger partial charge in [-0.25, -0.2) is 5.01 Å². The highest BCUT2D eigenvalue weighted by atomic mass is 17.0. The highest BCUT2D eigenvalue weighted by Gasteiger charge is 2.44. The largest absolute Gasteiger partial charge is 0.493 e. The van der Waals surface area contributed by atoms with Gasteiger partial charge < -0.3 is 33.4 Å². The standard InChI is InChI=1S/C36H53N5O9/c1-26(2)35(25-37,29-22-31(46-6)34(48-8)32(23-29)47-7)15-11-18-39(4)19-14-28-12-9-10-13-30(28)49-36(27(3)50-41(43)44)16-20-40(21-17-36)38-33(42)24-45-5/h9-10,12-13,22-23,26-27H,11,14-21,24H2,1-8H3,(H,38,42). The lowest BCUT2D eigenvalue weighted by molar-refractivity contribution is -0.771. The SMILES string of the molecule is COCC(=O)NN1CCC(Oc2ccccc2CCN(C)CCCC(C#N)(c2cc(OC)c(OC)c(OC)c2)C(C)C)(C(C)O[N+](=O)[O-])CC1. The molecule has 0 saturated carbocycles. The minimum absolute atomic E-state index is 0.0205. The van der Waals surface area contributed by atoms with Gasteiger partial charge in [-0.1, -0.05) is 32.0 Å². The lowest BCUT2D eigenvalue weighted by Gasteiger charge is -2.44. The first-order valence-corrected chi connectivity index (χ1v) is 16.9. The Morgan fingerprint density at radius 3 is 2.24 bits per heavy atom. The fourth-order valence-electron chi connectivity index (χ4n) is 6.59. The molecule has 1 amide bonds. The molecule has 1 N–H and O–H groups in total. The fraction of sp³-hybridized carbons (Fsp3) is 0.611. The van der Waals surface area contributed by atoms with E-state index in [1.807, 2.05) is 36.4 Å². The average molecular weight is 700 g/mol. The molecular formula is C36H53N5O9. The van der Waals surface area contributed by atoms with Crippen LogP contribution in [0.3, 0.4) is 0 Å². The predicted molar refractivity (Wildman–Crippen MR) is 187 cm³/mol. The number of amides is 1. The molecule has 2 unspecified atom stereocenters. The number of piperidine rings is 1. The third-order valence-electron chi connectivity index (χ3n) is 9.68. The van der Waals surface area contributed by atoms with E-state index < -0.39 is 22.2 Å². The summed E-state index contributed by atoms with van der Waals surface area (Å²) in [7, 11) is 8.19. The van der Waals surface area contributed by atoms with Crippen LogP contribution in [0.2, 0.25) is 0 Å². The molecule has 0 aliphatic carbocycles. The maximum atomic E-state index is 12.1. The van der Waals surface area contributed by atoms with E-state index in [0.717, 1.165) is 30.6 Å². The van der Waals surface area contributed by atoms with Crippen molar-refractivity contribution in [1.29, 1.82) is 5.26 Å². The second kappa shape index (κ2) is 18.6. The maximum Gasteiger partial charge on any atom is 0.294 e. The van der Waals surface area contributed by atoms with Gasteiger partial charge >= 0.3 is 0 Å². The number of ether oxygens (including phenoxy) is 5. The Hall–Kier alpha value is -4.32. The summed E-state index contributed by atoms with van der Waals surface area (Å²) < 4.78 is 28.2. The van der Waals surface area contributed by atoms with E-state index in [9.17, 15) is 20.2 Å². The lowest BCUT2D eigenvalue weighted by atomic mass is 9.69. The molecule has 0 bridgehead atoms. The van der Waals surface area contributed by atoms with Crippen LogP contribution in [0.15, 0.2) is 36.4 Å². The van der Waals surface area contributed by atoms with Gasteiger partial charge in [-0.05, 0) is 75.0 Å². The zero-order valence-electron chi connectivity index (χ0n) is 30.7. The topological polar surface area (TPSA) is 158 Å². The van der Waals surface area contributed by atoms with Crippen LogP contribution in [0, 0.1) is 27.4 Å². The van der Waals surface area contributed by atoms with Gasteiger partial charge in [-0.15, -0.1) is 10.1 Å². The highest BCUT2D eigenvalue weighted by Crippen LogP contribution is 2.45. The van der Waals surface area contributed by atoms with Crippen molar-refractivity contribution in [1.82, 2.24) is 15.3 Å². The Morgan fingerprint density at radius 1 is 1.06 bits per heavy atom. The number of hydrazine groups is 1. The van der Waals surface area contributed by atoms with Crippen molar-refractivity contribution < 1.29 is 38.4 Å². The minimum atomic E-state index is -0.984. The van der Waals surface area contributed by atoms with E-state index in [2.05, 4.69) is 37.3 Å². The van der Waals surface area contributed by atoms with Crippen LogP contribution in [0.1, 0.15) is 57.6 Å². The molecule has 3 rings (SSSR count). The van der Waals surface area contributed by atoms with Crippen LogP contribution in [0.25, 0.3) is 0 Å². The third-order valence-corrected chi connectivity index (χ3v) is 9.68. The van der Waals surface area contributed by atoms with Crippen LogP contribution in [-0.4, -0.2) is 101 Å². The van der Waals surface area contributed by atoms with Crippen molar-refractivity contribution in [3.63, 3.8) is 0 Å². The number of carbonyl (C=O) groups is 1. The van der Waals surface area contributed by atoms with Crippen molar-refractivity contribution in [2.24, 2.45) is 5.92 Å². The van der Waals surface area contributed by atoms with Crippen molar-refractivity contribution in [2.45, 2.75) is 70.0 Å². The number of likely N-dealkylation sites (N-methyl/N-ethyl adjacent to an activating group) is 1. The molecule has 1 saturated heterocycles. The average Bonchev–Trinajstić information content (AvgIpc) is 3.09. The van der Waals surface area contributed by atoms with E-state index in [0.29, 0.717) is 61.8 Å². The first-order valence-electron chi connectivity index (χ1n) is 16.9. The third kappa shape index (κ3) is 9.89. The van der Waals surface area contributed by atoms with Crippen molar-refractivity contribution >= 4 is 5.91 Å². The van der Waals surface area contributed by atoms with Gasteiger partial charge in [0.1, 0.15) is 24.1 Å². The van der Waals surface area contributed by atoms with Crippen LogP contribution < -0.4 is 24.4 Å². The van der Waals surface area contributed by atoms with Crippen LogP contribution >= 0.6 is 0 Å². The molecule has 0 radical (unpaired) electrons. The Morgan fingerprint density at radius 2 is 1.70 bits per heavy atom. The Labute approximate surface area is 295 Å². The van der Waals surface area contributed by atoms with Gasteiger partial charge in [0.15, 0.2) is 11.5 Å². The molecular weight excluding hydrogens is 646 g/mol. The Balaban J connectivity index is 1.70. The summed E-state index contributed by atoms with van der Waals surface area (Å²) in [4.78, 5) is 30.7. The summed E-state index contributed by atoms with van der Waals surface area (Å²) in [6, 6.07) is 14.1. The van der Waals surface area contributed by atoms with Gasteiger partial charge in [0.05, 0.1) is 32.8 Å². The zero-order chi connectivity index (χ0) is 36.9. The molecule has 2 atom stereocenters. The molecule has 276 valence electrons. The van der Waals surface area contributed by atoms with Crippen LogP contribution in [0.5, 0.6) is 23.0 Å². The van der Waals surface area contributed by atoms with E-state index in [1.54, 1.807) is 33.3 Å². The number of carbonyl (C=O) groups excluding carboxylic acids is 1. The molecule has 1 aliphatic heterocycles. The molecule has 1 heterocycles. The van der Waals surface area contributed by atoms with Gasteiger partial charge in [0.25, 0.3) is 11.0 Å². The number of para-hydroxylation sites is 1. The summed E-state index contributed by atoms with van der Waals surface area (Å²) in [6.07, 6.45) is 2.01. The number of rotatable bonds is 20. The molecule has 1 aliphatic rings. The summed E-state index contributed by atoms with van der Waals surface area (Å²) in [6.45, 7) is 8.01. The molecule has 14 heteroatoms. The normalized spacial score (nSPS) is 16.2. The lowest BCUT2D eigenvalue weighted by Crippen LogP contribution is -2.58. The molecule has 0 aromatic heterocycles. The van der Waals surface area contributed by atoms with Gasteiger partial charge in [0, 0.05) is 39.6 Å². The summed E-state index contributed by atoms with van der Waals surface area (Å²) in [5, 5.41) is 22.9. The number of hydrogen-bond donors (Lipinski definition) is 1. The van der Waals surface area contributed by atoms with E-state index in [-0.39, 0.29) is 18.4 Å². The number of nitriles is 1. The summed E-state index contributed by atoms with van der Waals surface area (Å²) in [5.41, 5.74) is 2.84. The minimum Gasteiger partial charge on any atom is -0.493 e. The van der Waals surface area contributed by atoms with Gasteiger partial charge in [-0.3, -0.25) is 10.2 Å². The maximum absolute atomic E-state index is 12.1. The fourth-order valence-corrected chi connectivity index (χ4v) is 6.59. The first-order chi connectivity index (χ1) is 23.9. The van der Waals surface area contributed by atoms with E-state index in [1.165, 1.54) is 7.11 Å². The quantitative estimate of drug-likeness (QED) is 0.152. The number of nitrogens with one attached hydrogen (secondary N) is 1. The zero-order valence-corrected chi connectivity index (χ0v) is 30.7. The predicted octanol–water partition coefficient (Wildman–Crippen LogP) is 4.57. The van der Waals surface area contributed by atoms with Crippen LogP contribution in [0.4, 0.5) is 0 Å². The van der Waals surface area contributed by atoms with Crippen molar-refractivity contribution in [3.05, 3.63) is 57.6 Å². The molecule has 2 aromatic carbocycles. The molecule has 2 aromatic rings. The molecule has 0 spiro atoms. The molecule has 1 fully saturated rings. The monoisotopic (exact) mass is 699 g/mol. The summed E-state index contributed by atoms with van der Waals surface area (Å²) in [5.74, 6) is 1.91.